The molecule has 86 valence electrons. The quantitative estimate of drug-likeness (QED) is 0.618. The van der Waals surface area contributed by atoms with Gasteiger partial charge in [-0.25, -0.2) is 10.4 Å². The molecule has 0 bridgehead atoms. The van der Waals surface area contributed by atoms with Crippen LogP contribution in [0.5, 0.6) is 0 Å². The standard InChI is InChI=1S/C10H11ClN2O3/c1-6-10(15,16)9(14)13(12-6)8-4-2-7(11)3-5-8/h2-6,12,15-16H,1H3. The Labute approximate surface area is 97.2 Å². The normalized spacial score (nSPS) is 23.9. The molecule has 3 N–H and O–H groups in total. The molecule has 6 heteroatoms. The number of nitrogens with zero attached hydrogens (tertiary/aromatic N) is 1. The summed E-state index contributed by atoms with van der Waals surface area (Å²) in [5.41, 5.74) is 3.18. The van der Waals surface area contributed by atoms with E-state index in [1.165, 1.54) is 6.92 Å². The van der Waals surface area contributed by atoms with Crippen molar-refractivity contribution in [2.45, 2.75) is 18.8 Å². The SMILES string of the molecule is CC1NN(c2ccc(Cl)cc2)C(=O)C1(O)O. The summed E-state index contributed by atoms with van der Waals surface area (Å²) in [6.45, 7) is 1.51. The van der Waals surface area contributed by atoms with Crippen molar-refractivity contribution in [3.63, 3.8) is 0 Å². The average Bonchev–Trinajstić information content (AvgIpc) is 2.44. The summed E-state index contributed by atoms with van der Waals surface area (Å²) in [5, 5.41) is 20.6. The smallest absolute Gasteiger partial charge is 0.303 e. The van der Waals surface area contributed by atoms with Crippen LogP contribution in [0.4, 0.5) is 5.69 Å². The summed E-state index contributed by atoms with van der Waals surface area (Å²) in [7, 11) is 0. The van der Waals surface area contributed by atoms with Gasteiger partial charge in [0, 0.05) is 5.02 Å². The molecule has 5 nitrogen and oxygen atoms in total. The summed E-state index contributed by atoms with van der Waals surface area (Å²) in [6, 6.07) is 5.69. The number of amides is 1. The zero-order valence-corrected chi connectivity index (χ0v) is 9.27. The van der Waals surface area contributed by atoms with Crippen LogP contribution in [0.1, 0.15) is 6.92 Å². The number of carbonyl (C=O) groups is 1. The van der Waals surface area contributed by atoms with E-state index in [9.17, 15) is 15.0 Å². The first-order valence-electron chi connectivity index (χ1n) is 4.74. The molecule has 1 heterocycles. The number of anilines is 1. The van der Waals surface area contributed by atoms with Gasteiger partial charge in [0.25, 0.3) is 5.79 Å². The van der Waals surface area contributed by atoms with E-state index in [0.717, 1.165) is 5.01 Å². The summed E-state index contributed by atoms with van der Waals surface area (Å²) in [4.78, 5) is 11.7. The van der Waals surface area contributed by atoms with Crippen LogP contribution in [0.25, 0.3) is 0 Å². The Balaban J connectivity index is 2.31. The first-order valence-corrected chi connectivity index (χ1v) is 5.12. The lowest BCUT2D eigenvalue weighted by molar-refractivity contribution is -0.179. The summed E-state index contributed by atoms with van der Waals surface area (Å²) in [5.74, 6) is -3.18. The highest BCUT2D eigenvalue weighted by atomic mass is 35.5. The molecule has 1 unspecified atom stereocenters. The van der Waals surface area contributed by atoms with E-state index < -0.39 is 17.7 Å². The minimum atomic E-state index is -2.38. The highest BCUT2D eigenvalue weighted by Gasteiger charge is 2.50. The van der Waals surface area contributed by atoms with E-state index in [1.54, 1.807) is 24.3 Å². The van der Waals surface area contributed by atoms with E-state index in [2.05, 4.69) is 5.43 Å². The predicted molar refractivity (Wildman–Crippen MR) is 58.7 cm³/mol. The van der Waals surface area contributed by atoms with Gasteiger partial charge < -0.3 is 10.2 Å². The molecular formula is C10H11ClN2O3. The molecule has 1 fully saturated rings. The molecule has 1 aliphatic heterocycles. The van der Waals surface area contributed by atoms with Crippen LogP contribution in [0, 0.1) is 0 Å². The average molecular weight is 243 g/mol. The van der Waals surface area contributed by atoms with Gasteiger partial charge in [-0.05, 0) is 31.2 Å². The number of hydrogen-bond acceptors (Lipinski definition) is 4. The monoisotopic (exact) mass is 242 g/mol. The second kappa shape index (κ2) is 3.71. The number of nitrogens with one attached hydrogen (secondary N) is 1. The Morgan fingerprint density at radius 3 is 2.38 bits per heavy atom. The fraction of sp³-hybridized carbons (Fsp3) is 0.300. The predicted octanol–water partition coefficient (Wildman–Crippen LogP) is 0.261. The molecule has 1 aromatic rings. The third kappa shape index (κ3) is 1.68. The largest absolute Gasteiger partial charge is 0.357 e. The lowest BCUT2D eigenvalue weighted by Crippen LogP contribution is -2.44. The van der Waals surface area contributed by atoms with Crippen LogP contribution < -0.4 is 10.4 Å². The first kappa shape index (κ1) is 11.3. The van der Waals surface area contributed by atoms with Crippen molar-refractivity contribution in [3.8, 4) is 0 Å². The van der Waals surface area contributed by atoms with Crippen molar-refractivity contribution in [1.82, 2.24) is 5.43 Å². The molecule has 0 saturated carbocycles. The number of rotatable bonds is 1. The number of aliphatic hydroxyl groups is 2. The van der Waals surface area contributed by atoms with Crippen LogP contribution in [0.2, 0.25) is 5.02 Å². The summed E-state index contributed by atoms with van der Waals surface area (Å²) in [6.07, 6.45) is 0. The van der Waals surface area contributed by atoms with Crippen molar-refractivity contribution in [1.29, 1.82) is 0 Å². The van der Waals surface area contributed by atoms with Crippen molar-refractivity contribution in [2.24, 2.45) is 0 Å². The zero-order valence-electron chi connectivity index (χ0n) is 8.51. The maximum Gasteiger partial charge on any atom is 0.303 e. The molecule has 0 aromatic heterocycles. The summed E-state index contributed by atoms with van der Waals surface area (Å²) >= 11 is 5.72. The molecule has 1 aromatic carbocycles. The second-order valence-electron chi connectivity index (χ2n) is 3.69. The van der Waals surface area contributed by atoms with Crippen LogP contribution in [0.15, 0.2) is 24.3 Å². The van der Waals surface area contributed by atoms with Crippen molar-refractivity contribution < 1.29 is 15.0 Å². The van der Waals surface area contributed by atoms with E-state index in [4.69, 9.17) is 11.6 Å². The van der Waals surface area contributed by atoms with Crippen LogP contribution >= 0.6 is 11.6 Å². The van der Waals surface area contributed by atoms with Gasteiger partial charge in [0.2, 0.25) is 0 Å². The Morgan fingerprint density at radius 1 is 1.38 bits per heavy atom. The van der Waals surface area contributed by atoms with Gasteiger partial charge in [-0.15, -0.1) is 0 Å². The maximum atomic E-state index is 11.7. The molecule has 0 radical (unpaired) electrons. The highest BCUT2D eigenvalue weighted by molar-refractivity contribution is 6.30. The summed E-state index contributed by atoms with van der Waals surface area (Å²) < 4.78 is 0. The lowest BCUT2D eigenvalue weighted by Gasteiger charge is -2.16. The Hall–Kier alpha value is -1.14. The second-order valence-corrected chi connectivity index (χ2v) is 4.13. The number of hydrogen-bond donors (Lipinski definition) is 3. The zero-order chi connectivity index (χ0) is 11.9. The molecule has 0 aliphatic carbocycles. The fourth-order valence-electron chi connectivity index (χ4n) is 1.47. The lowest BCUT2D eigenvalue weighted by atomic mass is 10.1. The molecule has 0 spiro atoms. The molecule has 1 atom stereocenters. The van der Waals surface area contributed by atoms with Crippen LogP contribution in [-0.2, 0) is 4.79 Å². The van der Waals surface area contributed by atoms with E-state index in [-0.39, 0.29) is 0 Å². The molecule has 2 rings (SSSR count). The van der Waals surface area contributed by atoms with Gasteiger partial charge in [0.05, 0.1) is 11.7 Å². The van der Waals surface area contributed by atoms with E-state index in [0.29, 0.717) is 10.7 Å². The highest BCUT2D eigenvalue weighted by Crippen LogP contribution is 2.25. The maximum absolute atomic E-state index is 11.7. The molecule has 1 aliphatic rings. The Bertz CT molecular complexity index is 419. The van der Waals surface area contributed by atoms with Crippen LogP contribution in [0.3, 0.4) is 0 Å². The van der Waals surface area contributed by atoms with Gasteiger partial charge >= 0.3 is 5.91 Å². The van der Waals surface area contributed by atoms with Crippen molar-refractivity contribution in [2.75, 3.05) is 5.01 Å². The topological polar surface area (TPSA) is 72.8 Å². The van der Waals surface area contributed by atoms with Gasteiger partial charge in [0.15, 0.2) is 0 Å². The van der Waals surface area contributed by atoms with Gasteiger partial charge in [-0.2, -0.15) is 0 Å². The molecular weight excluding hydrogens is 232 g/mol. The van der Waals surface area contributed by atoms with Crippen molar-refractivity contribution in [3.05, 3.63) is 29.3 Å². The van der Waals surface area contributed by atoms with Gasteiger partial charge in [-0.3, -0.25) is 4.79 Å². The number of benzene rings is 1. The first-order chi connectivity index (χ1) is 7.43. The molecule has 1 saturated heterocycles. The third-order valence-corrected chi connectivity index (χ3v) is 2.78. The third-order valence-electron chi connectivity index (χ3n) is 2.53. The molecule has 16 heavy (non-hydrogen) atoms. The van der Waals surface area contributed by atoms with Crippen molar-refractivity contribution >= 4 is 23.2 Å². The van der Waals surface area contributed by atoms with Crippen LogP contribution in [-0.4, -0.2) is 27.9 Å². The van der Waals surface area contributed by atoms with Gasteiger partial charge in [0.1, 0.15) is 0 Å². The minimum absolute atomic E-state index is 0.506. The fourth-order valence-corrected chi connectivity index (χ4v) is 1.60. The Morgan fingerprint density at radius 2 is 1.94 bits per heavy atom. The van der Waals surface area contributed by atoms with E-state index in [1.807, 2.05) is 0 Å². The van der Waals surface area contributed by atoms with E-state index >= 15 is 0 Å². The number of hydrazine groups is 1. The molecule has 1 amide bonds. The minimum Gasteiger partial charge on any atom is -0.357 e. The van der Waals surface area contributed by atoms with Gasteiger partial charge in [-0.1, -0.05) is 11.6 Å². The number of halogens is 1. The Kier molecular flexibility index (Phi) is 2.63. The number of carbonyl (C=O) groups excluding carboxylic acids is 1.